The molecule has 5 heteroatoms. The van der Waals surface area contributed by atoms with Gasteiger partial charge in [0.2, 0.25) is 0 Å². The van der Waals surface area contributed by atoms with E-state index < -0.39 is 0 Å². The van der Waals surface area contributed by atoms with Gasteiger partial charge in [0.25, 0.3) is 5.91 Å². The van der Waals surface area contributed by atoms with Crippen LogP contribution in [0.1, 0.15) is 22.3 Å². The number of hydrogen-bond acceptors (Lipinski definition) is 3. The summed E-state index contributed by atoms with van der Waals surface area (Å²) in [5.74, 6) is -0.112. The minimum atomic E-state index is -0.112. The lowest BCUT2D eigenvalue weighted by atomic mass is 10.1. The summed E-state index contributed by atoms with van der Waals surface area (Å²) < 4.78 is 2.24. The lowest BCUT2D eigenvalue weighted by Gasteiger charge is -2.05. The zero-order chi connectivity index (χ0) is 22.1. The van der Waals surface area contributed by atoms with Gasteiger partial charge >= 0.3 is 0 Å². The second-order valence-electron chi connectivity index (χ2n) is 7.92. The van der Waals surface area contributed by atoms with Crippen molar-refractivity contribution in [1.82, 2.24) is 9.88 Å². The number of carbonyl (C=O) groups excluding carboxylic acids is 1. The molecule has 1 amide bonds. The second-order valence-corrected chi connectivity index (χ2v) is 8.95. The summed E-state index contributed by atoms with van der Waals surface area (Å²) >= 11 is 1.39. The van der Waals surface area contributed by atoms with Crippen LogP contribution in [0.4, 0.5) is 5.69 Å². The van der Waals surface area contributed by atoms with Gasteiger partial charge in [0.15, 0.2) is 5.17 Å². The van der Waals surface area contributed by atoms with Crippen molar-refractivity contribution < 1.29 is 4.79 Å². The van der Waals surface area contributed by atoms with Crippen LogP contribution in [0.2, 0.25) is 0 Å². The number of thioether (sulfide) groups is 1. The maximum Gasteiger partial charge on any atom is 0.264 e. The zero-order valence-corrected chi connectivity index (χ0v) is 18.8. The molecule has 0 unspecified atom stereocenters. The van der Waals surface area contributed by atoms with Crippen LogP contribution in [-0.2, 0) is 11.3 Å². The Labute approximate surface area is 191 Å². The monoisotopic (exact) mass is 437 g/mol. The number of rotatable bonds is 4. The van der Waals surface area contributed by atoms with Crippen LogP contribution < -0.4 is 5.32 Å². The van der Waals surface area contributed by atoms with Gasteiger partial charge in [-0.25, -0.2) is 4.99 Å². The average molecular weight is 438 g/mol. The predicted molar refractivity (Wildman–Crippen MR) is 134 cm³/mol. The average Bonchev–Trinajstić information content (AvgIpc) is 3.32. The highest BCUT2D eigenvalue weighted by molar-refractivity contribution is 8.18. The molecule has 0 bridgehead atoms. The summed E-state index contributed by atoms with van der Waals surface area (Å²) in [7, 11) is 0. The van der Waals surface area contributed by atoms with Crippen molar-refractivity contribution in [2.75, 3.05) is 0 Å². The first-order chi connectivity index (χ1) is 15.6. The van der Waals surface area contributed by atoms with Gasteiger partial charge in [0.1, 0.15) is 0 Å². The second kappa shape index (κ2) is 8.52. The molecule has 32 heavy (non-hydrogen) atoms. The standard InChI is InChI=1S/C27H23N3OS/c1-18-9-8-13-23(19(18)2)28-27-29-26(31)25(32-27)15-21-17-30(16-20-10-4-3-5-11-20)24-14-7-6-12-22(21)24/h3-15,17H,16H2,1-2H3,(H,28,29,31)/b25-15-. The first kappa shape index (κ1) is 20.3. The molecule has 3 aromatic carbocycles. The van der Waals surface area contributed by atoms with Crippen molar-refractivity contribution in [3.8, 4) is 0 Å². The number of hydrogen-bond donors (Lipinski definition) is 1. The molecule has 1 saturated heterocycles. The van der Waals surface area contributed by atoms with E-state index in [1.165, 1.54) is 22.9 Å². The zero-order valence-electron chi connectivity index (χ0n) is 18.0. The van der Waals surface area contributed by atoms with Gasteiger partial charge < -0.3 is 9.88 Å². The first-order valence-electron chi connectivity index (χ1n) is 10.6. The maximum atomic E-state index is 12.7. The summed E-state index contributed by atoms with van der Waals surface area (Å²) in [6, 6.07) is 24.7. The molecule has 0 atom stereocenters. The first-order valence-corrected chi connectivity index (χ1v) is 11.4. The van der Waals surface area contributed by atoms with Gasteiger partial charge in [-0.3, -0.25) is 4.79 Å². The minimum absolute atomic E-state index is 0.112. The van der Waals surface area contributed by atoms with Crippen LogP contribution in [0.25, 0.3) is 17.0 Å². The molecule has 158 valence electrons. The quantitative estimate of drug-likeness (QED) is 0.387. The van der Waals surface area contributed by atoms with E-state index in [9.17, 15) is 4.79 Å². The predicted octanol–water partition coefficient (Wildman–Crippen LogP) is 6.20. The van der Waals surface area contributed by atoms with E-state index in [-0.39, 0.29) is 5.91 Å². The van der Waals surface area contributed by atoms with Crippen LogP contribution >= 0.6 is 11.8 Å². The molecular formula is C27H23N3OS. The van der Waals surface area contributed by atoms with Gasteiger partial charge in [-0.2, -0.15) is 0 Å². The van der Waals surface area contributed by atoms with E-state index in [0.29, 0.717) is 10.1 Å². The lowest BCUT2D eigenvalue weighted by molar-refractivity contribution is -0.115. The van der Waals surface area contributed by atoms with Gasteiger partial charge in [0, 0.05) is 29.2 Å². The molecule has 0 saturated carbocycles. The van der Waals surface area contributed by atoms with Crippen LogP contribution in [0.15, 0.2) is 88.9 Å². The summed E-state index contributed by atoms with van der Waals surface area (Å²) in [4.78, 5) is 18.0. The summed E-state index contributed by atoms with van der Waals surface area (Å²) in [5.41, 5.74) is 6.61. The number of fused-ring (bicyclic) bond motifs is 1. The highest BCUT2D eigenvalue weighted by Gasteiger charge is 2.24. The number of para-hydroxylation sites is 1. The van der Waals surface area contributed by atoms with E-state index in [2.05, 4.69) is 77.4 Å². The molecule has 5 rings (SSSR count). The van der Waals surface area contributed by atoms with Crippen molar-refractivity contribution >= 4 is 45.5 Å². The number of nitrogens with one attached hydrogen (secondary N) is 1. The van der Waals surface area contributed by atoms with Gasteiger partial charge in [-0.05, 0) is 60.5 Å². The van der Waals surface area contributed by atoms with E-state index >= 15 is 0 Å². The molecule has 1 aromatic heterocycles. The Kier molecular flexibility index (Phi) is 5.41. The molecule has 1 N–H and O–H groups in total. The molecular weight excluding hydrogens is 414 g/mol. The molecule has 1 fully saturated rings. The normalized spacial score (nSPS) is 16.2. The van der Waals surface area contributed by atoms with E-state index in [1.54, 1.807) is 0 Å². The molecule has 0 spiro atoms. The van der Waals surface area contributed by atoms with Crippen LogP contribution in [0.3, 0.4) is 0 Å². The number of aliphatic imine (C=N–C) groups is 1. The highest BCUT2D eigenvalue weighted by Crippen LogP contribution is 2.32. The number of aryl methyl sites for hydroxylation is 1. The molecule has 0 aliphatic carbocycles. The van der Waals surface area contributed by atoms with Crippen molar-refractivity contribution in [1.29, 1.82) is 0 Å². The molecule has 4 aromatic rings. The van der Waals surface area contributed by atoms with Crippen LogP contribution in [0.5, 0.6) is 0 Å². The number of amides is 1. The third-order valence-corrected chi connectivity index (χ3v) is 6.66. The minimum Gasteiger partial charge on any atom is -0.342 e. The Balaban J connectivity index is 1.48. The molecule has 0 radical (unpaired) electrons. The number of amidine groups is 1. The Morgan fingerprint density at radius 1 is 0.969 bits per heavy atom. The van der Waals surface area contributed by atoms with Gasteiger partial charge in [-0.15, -0.1) is 0 Å². The molecule has 1 aliphatic rings. The van der Waals surface area contributed by atoms with Crippen molar-refractivity contribution in [3.63, 3.8) is 0 Å². The Morgan fingerprint density at radius 2 is 1.75 bits per heavy atom. The fourth-order valence-corrected chi connectivity index (χ4v) is 4.71. The van der Waals surface area contributed by atoms with Crippen molar-refractivity contribution in [2.45, 2.75) is 20.4 Å². The molecule has 1 aliphatic heterocycles. The Hall–Kier alpha value is -3.57. The van der Waals surface area contributed by atoms with E-state index in [0.717, 1.165) is 34.3 Å². The highest BCUT2D eigenvalue weighted by atomic mass is 32.2. The number of aromatic nitrogens is 1. The lowest BCUT2D eigenvalue weighted by Crippen LogP contribution is -2.19. The summed E-state index contributed by atoms with van der Waals surface area (Å²) in [6.07, 6.45) is 4.09. The van der Waals surface area contributed by atoms with Crippen molar-refractivity contribution in [2.24, 2.45) is 4.99 Å². The molecule has 4 nitrogen and oxygen atoms in total. The van der Waals surface area contributed by atoms with Crippen LogP contribution in [-0.4, -0.2) is 15.6 Å². The van der Waals surface area contributed by atoms with E-state index in [1.807, 2.05) is 36.4 Å². The third kappa shape index (κ3) is 3.99. The van der Waals surface area contributed by atoms with Gasteiger partial charge in [-0.1, -0.05) is 60.7 Å². The Bertz CT molecular complexity index is 1380. The molecule has 2 heterocycles. The summed E-state index contributed by atoms with van der Waals surface area (Å²) in [6.45, 7) is 4.90. The number of nitrogens with zero attached hydrogens (tertiary/aromatic N) is 2. The maximum absolute atomic E-state index is 12.7. The van der Waals surface area contributed by atoms with E-state index in [4.69, 9.17) is 0 Å². The Morgan fingerprint density at radius 3 is 2.59 bits per heavy atom. The SMILES string of the molecule is Cc1cccc(N=C2NC(=O)/C(=C/c3cn(Cc4ccccc4)c4ccccc34)S2)c1C. The number of carbonyl (C=O) groups is 1. The largest absolute Gasteiger partial charge is 0.342 e. The number of benzene rings is 3. The van der Waals surface area contributed by atoms with Gasteiger partial charge in [0.05, 0.1) is 10.6 Å². The third-order valence-electron chi connectivity index (χ3n) is 5.75. The van der Waals surface area contributed by atoms with Crippen LogP contribution in [0, 0.1) is 13.8 Å². The fraction of sp³-hybridized carbons (Fsp3) is 0.111. The fourth-order valence-electron chi connectivity index (χ4n) is 3.89. The summed E-state index contributed by atoms with van der Waals surface area (Å²) in [5, 5.41) is 4.66. The topological polar surface area (TPSA) is 46.4 Å². The van der Waals surface area contributed by atoms with Crippen molar-refractivity contribution in [3.05, 3.63) is 106 Å². The smallest absolute Gasteiger partial charge is 0.264 e.